The third-order valence-electron chi connectivity index (χ3n) is 2.92. The Hall–Kier alpha value is -1.84. The van der Waals surface area contributed by atoms with Crippen LogP contribution in [-0.2, 0) is 6.54 Å². The topological polar surface area (TPSA) is 42.2 Å². The maximum absolute atomic E-state index is 4.44. The monoisotopic (exact) mass is 214 g/mol. The number of para-hydroxylation sites is 1. The number of rotatable bonds is 2. The van der Waals surface area contributed by atoms with Gasteiger partial charge in [-0.05, 0) is 18.6 Å². The van der Waals surface area contributed by atoms with Gasteiger partial charge in [-0.3, -0.25) is 4.99 Å². The first kappa shape index (κ1) is 9.39. The average Bonchev–Trinajstić information content (AvgIpc) is 2.90. The van der Waals surface area contributed by atoms with Gasteiger partial charge in [-0.25, -0.2) is 4.98 Å². The van der Waals surface area contributed by atoms with Crippen molar-refractivity contribution in [2.45, 2.75) is 13.5 Å². The molecule has 1 aliphatic rings. The molecule has 1 aliphatic heterocycles. The number of hydrogen-bond donors (Lipinski definition) is 1. The van der Waals surface area contributed by atoms with Crippen LogP contribution >= 0.6 is 0 Å². The summed E-state index contributed by atoms with van der Waals surface area (Å²) in [6.07, 6.45) is 1.89. The molecule has 0 saturated carbocycles. The maximum atomic E-state index is 4.44. The number of aliphatic imine (C=N–C) groups is 1. The van der Waals surface area contributed by atoms with E-state index in [1.807, 2.05) is 6.33 Å². The van der Waals surface area contributed by atoms with Gasteiger partial charge in [-0.1, -0.05) is 12.1 Å². The van der Waals surface area contributed by atoms with E-state index in [0.717, 1.165) is 31.0 Å². The molecule has 0 spiro atoms. The first-order valence-corrected chi connectivity index (χ1v) is 5.52. The van der Waals surface area contributed by atoms with Gasteiger partial charge >= 0.3 is 0 Å². The van der Waals surface area contributed by atoms with Crippen molar-refractivity contribution in [3.05, 3.63) is 30.1 Å². The van der Waals surface area contributed by atoms with Crippen LogP contribution in [0.2, 0.25) is 0 Å². The Morgan fingerprint density at radius 2 is 2.38 bits per heavy atom. The van der Waals surface area contributed by atoms with Gasteiger partial charge in [-0.2, -0.15) is 0 Å². The van der Waals surface area contributed by atoms with Gasteiger partial charge in [0.25, 0.3) is 0 Å². The van der Waals surface area contributed by atoms with E-state index in [4.69, 9.17) is 0 Å². The molecular formula is C12H14N4. The highest BCUT2D eigenvalue weighted by molar-refractivity contribution is 5.86. The van der Waals surface area contributed by atoms with Gasteiger partial charge < -0.3 is 9.88 Å². The van der Waals surface area contributed by atoms with Crippen LogP contribution in [0.1, 0.15) is 5.56 Å². The van der Waals surface area contributed by atoms with Crippen LogP contribution in [0.4, 0.5) is 0 Å². The quantitative estimate of drug-likeness (QED) is 0.820. The van der Waals surface area contributed by atoms with Gasteiger partial charge in [0.1, 0.15) is 5.84 Å². The molecule has 0 saturated heterocycles. The largest absolute Gasteiger partial charge is 0.370 e. The Bertz CT molecular complexity index is 553. The first-order chi connectivity index (χ1) is 7.84. The highest BCUT2D eigenvalue weighted by Crippen LogP contribution is 2.16. The molecule has 4 heteroatoms. The lowest BCUT2D eigenvalue weighted by Crippen LogP contribution is -2.23. The van der Waals surface area contributed by atoms with E-state index in [0.29, 0.717) is 0 Å². The van der Waals surface area contributed by atoms with E-state index < -0.39 is 0 Å². The van der Waals surface area contributed by atoms with Gasteiger partial charge in [0.15, 0.2) is 0 Å². The molecule has 0 unspecified atom stereocenters. The summed E-state index contributed by atoms with van der Waals surface area (Å²) in [5, 5.41) is 3.28. The molecule has 0 aliphatic carbocycles. The van der Waals surface area contributed by atoms with Crippen molar-refractivity contribution in [2.24, 2.45) is 4.99 Å². The number of imidazole rings is 1. The zero-order valence-electron chi connectivity index (χ0n) is 9.27. The summed E-state index contributed by atoms with van der Waals surface area (Å²) in [5.74, 6) is 1.06. The molecule has 82 valence electrons. The summed E-state index contributed by atoms with van der Waals surface area (Å²) >= 11 is 0. The minimum Gasteiger partial charge on any atom is -0.370 e. The van der Waals surface area contributed by atoms with Gasteiger partial charge in [0, 0.05) is 6.54 Å². The number of benzene rings is 1. The lowest BCUT2D eigenvalue weighted by atomic mass is 10.2. The molecule has 1 aromatic heterocycles. The summed E-state index contributed by atoms with van der Waals surface area (Å²) in [5.41, 5.74) is 3.48. The van der Waals surface area contributed by atoms with E-state index in [9.17, 15) is 0 Å². The number of aryl methyl sites for hydroxylation is 1. The second-order valence-electron chi connectivity index (χ2n) is 4.07. The number of nitrogens with zero attached hydrogens (tertiary/aromatic N) is 3. The van der Waals surface area contributed by atoms with Crippen LogP contribution in [0.3, 0.4) is 0 Å². The molecule has 0 radical (unpaired) electrons. The molecule has 0 atom stereocenters. The molecule has 3 rings (SSSR count). The average molecular weight is 214 g/mol. The van der Waals surface area contributed by atoms with Crippen molar-refractivity contribution in [3.8, 4) is 0 Å². The van der Waals surface area contributed by atoms with Crippen LogP contribution in [0, 0.1) is 6.92 Å². The molecule has 1 N–H and O–H groups in total. The second-order valence-corrected chi connectivity index (χ2v) is 4.07. The van der Waals surface area contributed by atoms with Gasteiger partial charge in [0.2, 0.25) is 0 Å². The standard InChI is InChI=1S/C12H14N4/c1-9-3-2-4-10-12(9)15-8-16(10)7-11-13-5-6-14-11/h2-4,8H,5-7H2,1H3,(H,13,14). The molecule has 0 amide bonds. The highest BCUT2D eigenvalue weighted by Gasteiger charge is 2.09. The molecular weight excluding hydrogens is 200 g/mol. The van der Waals surface area contributed by atoms with E-state index in [1.54, 1.807) is 0 Å². The predicted molar refractivity (Wildman–Crippen MR) is 64.8 cm³/mol. The lowest BCUT2D eigenvalue weighted by molar-refractivity contribution is 0.851. The molecule has 0 fully saturated rings. The SMILES string of the molecule is Cc1cccc2c1ncn2CC1=NCCN1. The molecule has 1 aromatic carbocycles. The summed E-state index contributed by atoms with van der Waals surface area (Å²) in [6.45, 7) is 4.73. The fourth-order valence-electron chi connectivity index (χ4n) is 2.07. The van der Waals surface area contributed by atoms with Gasteiger partial charge in [0.05, 0.1) is 30.5 Å². The van der Waals surface area contributed by atoms with Crippen molar-refractivity contribution in [3.63, 3.8) is 0 Å². The molecule has 4 nitrogen and oxygen atoms in total. The summed E-state index contributed by atoms with van der Waals surface area (Å²) in [7, 11) is 0. The fourth-order valence-corrected chi connectivity index (χ4v) is 2.07. The van der Waals surface area contributed by atoms with Gasteiger partial charge in [-0.15, -0.1) is 0 Å². The maximum Gasteiger partial charge on any atom is 0.117 e. The van der Waals surface area contributed by atoms with Crippen LogP contribution in [0.5, 0.6) is 0 Å². The van der Waals surface area contributed by atoms with Crippen molar-refractivity contribution in [1.29, 1.82) is 0 Å². The van der Waals surface area contributed by atoms with Crippen LogP contribution in [-0.4, -0.2) is 28.5 Å². The summed E-state index contributed by atoms with van der Waals surface area (Å²) < 4.78 is 2.14. The van der Waals surface area contributed by atoms with E-state index in [2.05, 4.69) is 45.0 Å². The van der Waals surface area contributed by atoms with E-state index in [-0.39, 0.29) is 0 Å². The second kappa shape index (κ2) is 3.63. The lowest BCUT2D eigenvalue weighted by Gasteiger charge is -2.05. The van der Waals surface area contributed by atoms with Crippen molar-refractivity contribution in [2.75, 3.05) is 13.1 Å². The first-order valence-electron chi connectivity index (χ1n) is 5.52. The smallest absolute Gasteiger partial charge is 0.117 e. The minimum absolute atomic E-state index is 0.792. The van der Waals surface area contributed by atoms with Crippen LogP contribution in [0.15, 0.2) is 29.5 Å². The third-order valence-corrected chi connectivity index (χ3v) is 2.92. The molecule has 16 heavy (non-hydrogen) atoms. The predicted octanol–water partition coefficient (Wildman–Crippen LogP) is 1.35. The normalized spacial score (nSPS) is 15.2. The molecule has 2 aromatic rings. The van der Waals surface area contributed by atoms with Crippen LogP contribution in [0.25, 0.3) is 11.0 Å². The highest BCUT2D eigenvalue weighted by atomic mass is 15.1. The van der Waals surface area contributed by atoms with Crippen LogP contribution < -0.4 is 5.32 Å². The molecule has 2 heterocycles. The Labute approximate surface area is 94.0 Å². The number of fused-ring (bicyclic) bond motifs is 1. The number of aromatic nitrogens is 2. The fraction of sp³-hybridized carbons (Fsp3) is 0.333. The number of amidine groups is 1. The van der Waals surface area contributed by atoms with E-state index >= 15 is 0 Å². The zero-order valence-corrected chi connectivity index (χ0v) is 9.27. The third kappa shape index (κ3) is 1.46. The zero-order chi connectivity index (χ0) is 11.0. The minimum atomic E-state index is 0.792. The Balaban J connectivity index is 2.01. The Morgan fingerprint density at radius 3 is 3.19 bits per heavy atom. The van der Waals surface area contributed by atoms with Crippen molar-refractivity contribution < 1.29 is 0 Å². The summed E-state index contributed by atoms with van der Waals surface area (Å²) in [6, 6.07) is 6.26. The van der Waals surface area contributed by atoms with Crippen molar-refractivity contribution in [1.82, 2.24) is 14.9 Å². The Kier molecular flexibility index (Phi) is 2.13. The Morgan fingerprint density at radius 1 is 1.44 bits per heavy atom. The van der Waals surface area contributed by atoms with Crippen molar-refractivity contribution >= 4 is 16.9 Å². The molecule has 0 bridgehead atoms. The summed E-state index contributed by atoms with van der Waals surface area (Å²) in [4.78, 5) is 8.84. The number of hydrogen-bond acceptors (Lipinski definition) is 3. The number of nitrogens with one attached hydrogen (secondary N) is 1. The van der Waals surface area contributed by atoms with E-state index in [1.165, 1.54) is 11.1 Å².